The lowest BCUT2D eigenvalue weighted by atomic mass is 10.2. The van der Waals surface area contributed by atoms with Crippen LogP contribution in [0.25, 0.3) is 11.0 Å². The molecule has 1 aromatic heterocycles. The van der Waals surface area contributed by atoms with E-state index in [4.69, 9.17) is 0 Å². The highest BCUT2D eigenvalue weighted by Gasteiger charge is 2.13. The molecule has 9 nitrogen and oxygen atoms in total. The number of hydrogen-bond donors (Lipinski definition) is 2. The van der Waals surface area contributed by atoms with Gasteiger partial charge in [-0.3, -0.25) is 19.7 Å². The van der Waals surface area contributed by atoms with Gasteiger partial charge in [-0.15, -0.1) is 0 Å². The van der Waals surface area contributed by atoms with Crippen LogP contribution in [0, 0.1) is 10.1 Å². The Bertz CT molecular complexity index is 1330. The third kappa shape index (κ3) is 4.87. The van der Waals surface area contributed by atoms with Crippen molar-refractivity contribution >= 4 is 34.2 Å². The molecular formula is C24H21N5O4. The molecule has 0 aliphatic rings. The van der Waals surface area contributed by atoms with Gasteiger partial charge in [0.05, 0.1) is 16.0 Å². The molecule has 9 heteroatoms. The summed E-state index contributed by atoms with van der Waals surface area (Å²) in [5, 5.41) is 16.4. The molecule has 0 fully saturated rings. The first kappa shape index (κ1) is 21.7. The molecule has 0 unspecified atom stereocenters. The van der Waals surface area contributed by atoms with Crippen LogP contribution >= 0.6 is 0 Å². The zero-order chi connectivity index (χ0) is 23.4. The number of nitrogens with zero attached hydrogens (tertiary/aromatic N) is 3. The van der Waals surface area contributed by atoms with Crippen molar-refractivity contribution in [2.24, 2.45) is 7.05 Å². The lowest BCUT2D eigenvalue weighted by Crippen LogP contribution is -2.26. The highest BCUT2D eigenvalue weighted by Crippen LogP contribution is 2.21. The second-order valence-corrected chi connectivity index (χ2v) is 7.42. The number of fused-ring (bicyclic) bond motifs is 1. The average Bonchev–Trinajstić information content (AvgIpc) is 3.14. The van der Waals surface area contributed by atoms with Gasteiger partial charge in [-0.25, -0.2) is 4.98 Å². The molecule has 166 valence electrons. The molecule has 0 radical (unpaired) electrons. The summed E-state index contributed by atoms with van der Waals surface area (Å²) in [6.45, 7) is 0.439. The van der Waals surface area contributed by atoms with Crippen LogP contribution in [0.15, 0.2) is 72.8 Å². The van der Waals surface area contributed by atoms with Gasteiger partial charge in [-0.1, -0.05) is 18.2 Å². The minimum absolute atomic E-state index is 0.0751. The predicted molar refractivity (Wildman–Crippen MR) is 124 cm³/mol. The van der Waals surface area contributed by atoms with E-state index in [0.29, 0.717) is 35.3 Å². The monoisotopic (exact) mass is 443 g/mol. The van der Waals surface area contributed by atoms with E-state index >= 15 is 0 Å². The summed E-state index contributed by atoms with van der Waals surface area (Å²) in [6.07, 6.45) is 0.550. The number of nitrogens with one attached hydrogen (secondary N) is 2. The number of imidazole rings is 1. The summed E-state index contributed by atoms with van der Waals surface area (Å²) < 4.78 is 1.95. The van der Waals surface area contributed by atoms with Crippen molar-refractivity contribution < 1.29 is 14.5 Å². The number of nitro benzene ring substituents is 1. The number of carbonyl (C=O) groups is 2. The maximum atomic E-state index is 12.5. The SMILES string of the molecule is Cn1c(CCNC(=O)c2ccccc2)nc2cc(NC(=O)c3ccc([N+](=O)[O-])cc3)ccc21. The molecule has 4 rings (SSSR count). The van der Waals surface area contributed by atoms with E-state index in [9.17, 15) is 19.7 Å². The molecule has 0 spiro atoms. The summed E-state index contributed by atoms with van der Waals surface area (Å²) >= 11 is 0. The number of anilines is 1. The van der Waals surface area contributed by atoms with E-state index < -0.39 is 4.92 Å². The van der Waals surface area contributed by atoms with Gasteiger partial charge in [0, 0.05) is 49.0 Å². The van der Waals surface area contributed by atoms with Crippen LogP contribution in [0.5, 0.6) is 0 Å². The molecule has 0 aliphatic heterocycles. The van der Waals surface area contributed by atoms with Gasteiger partial charge in [0.1, 0.15) is 5.82 Å². The third-order valence-electron chi connectivity index (χ3n) is 5.24. The van der Waals surface area contributed by atoms with Gasteiger partial charge in [0.2, 0.25) is 0 Å². The fourth-order valence-electron chi connectivity index (χ4n) is 3.47. The first-order valence-electron chi connectivity index (χ1n) is 10.3. The maximum Gasteiger partial charge on any atom is 0.269 e. The quantitative estimate of drug-likeness (QED) is 0.333. The molecular weight excluding hydrogens is 422 g/mol. The number of hydrogen-bond acceptors (Lipinski definition) is 5. The summed E-state index contributed by atoms with van der Waals surface area (Å²) in [6, 6.07) is 19.8. The van der Waals surface area contributed by atoms with E-state index in [1.54, 1.807) is 24.3 Å². The number of carbonyl (C=O) groups excluding carboxylic acids is 2. The van der Waals surface area contributed by atoms with Crippen LogP contribution in [-0.4, -0.2) is 32.8 Å². The first-order chi connectivity index (χ1) is 15.9. The number of rotatable bonds is 7. The van der Waals surface area contributed by atoms with Crippen molar-refractivity contribution in [1.29, 1.82) is 0 Å². The number of non-ortho nitro benzene ring substituents is 1. The van der Waals surface area contributed by atoms with Crippen LogP contribution in [0.4, 0.5) is 11.4 Å². The van der Waals surface area contributed by atoms with Crippen molar-refractivity contribution in [1.82, 2.24) is 14.9 Å². The van der Waals surface area contributed by atoms with Gasteiger partial charge in [0.15, 0.2) is 0 Å². The zero-order valence-corrected chi connectivity index (χ0v) is 17.8. The molecule has 3 aromatic carbocycles. The normalized spacial score (nSPS) is 10.7. The van der Waals surface area contributed by atoms with Crippen LogP contribution < -0.4 is 10.6 Å². The maximum absolute atomic E-state index is 12.5. The molecule has 0 saturated heterocycles. The smallest absolute Gasteiger partial charge is 0.269 e. The molecule has 0 saturated carbocycles. The number of benzene rings is 3. The Labute approximate surface area is 189 Å². The number of amides is 2. The second-order valence-electron chi connectivity index (χ2n) is 7.42. The van der Waals surface area contributed by atoms with Crippen molar-refractivity contribution in [2.75, 3.05) is 11.9 Å². The van der Waals surface area contributed by atoms with Crippen LogP contribution in [0.2, 0.25) is 0 Å². The van der Waals surface area contributed by atoms with E-state index in [1.807, 2.05) is 35.9 Å². The van der Waals surface area contributed by atoms with Crippen LogP contribution in [0.1, 0.15) is 26.5 Å². The van der Waals surface area contributed by atoms with E-state index in [0.717, 1.165) is 11.3 Å². The van der Waals surface area contributed by atoms with Gasteiger partial charge >= 0.3 is 0 Å². The van der Waals surface area contributed by atoms with Gasteiger partial charge in [-0.2, -0.15) is 0 Å². The molecule has 4 aromatic rings. The Morgan fingerprint density at radius 3 is 2.36 bits per heavy atom. The second kappa shape index (κ2) is 9.31. The highest BCUT2D eigenvalue weighted by atomic mass is 16.6. The van der Waals surface area contributed by atoms with Crippen molar-refractivity contribution in [3.05, 3.63) is 99.9 Å². The summed E-state index contributed by atoms with van der Waals surface area (Å²) in [4.78, 5) is 39.6. The van der Waals surface area contributed by atoms with Gasteiger partial charge in [-0.05, 0) is 42.5 Å². The average molecular weight is 443 g/mol. The topological polar surface area (TPSA) is 119 Å². The van der Waals surface area contributed by atoms with Crippen molar-refractivity contribution in [3.63, 3.8) is 0 Å². The fourth-order valence-corrected chi connectivity index (χ4v) is 3.47. The molecule has 33 heavy (non-hydrogen) atoms. The number of aryl methyl sites for hydroxylation is 1. The molecule has 0 aliphatic carbocycles. The summed E-state index contributed by atoms with van der Waals surface area (Å²) in [5.41, 5.74) is 3.02. The first-order valence-corrected chi connectivity index (χ1v) is 10.3. The van der Waals surface area contributed by atoms with Crippen molar-refractivity contribution in [3.8, 4) is 0 Å². The van der Waals surface area contributed by atoms with E-state index in [-0.39, 0.29) is 17.5 Å². The Hall–Kier alpha value is -4.53. The lowest BCUT2D eigenvalue weighted by molar-refractivity contribution is -0.384. The molecule has 2 amide bonds. The minimum atomic E-state index is -0.513. The van der Waals surface area contributed by atoms with E-state index in [1.165, 1.54) is 24.3 Å². The lowest BCUT2D eigenvalue weighted by Gasteiger charge is -2.06. The fraction of sp³-hybridized carbons (Fsp3) is 0.125. The predicted octanol–water partition coefficient (Wildman–Crippen LogP) is 3.71. The molecule has 0 atom stereocenters. The Morgan fingerprint density at radius 1 is 0.970 bits per heavy atom. The Balaban J connectivity index is 1.42. The summed E-state index contributed by atoms with van der Waals surface area (Å²) in [7, 11) is 1.90. The largest absolute Gasteiger partial charge is 0.352 e. The van der Waals surface area contributed by atoms with Gasteiger partial charge < -0.3 is 15.2 Å². The zero-order valence-electron chi connectivity index (χ0n) is 17.8. The Kier molecular flexibility index (Phi) is 6.12. The van der Waals surface area contributed by atoms with Crippen molar-refractivity contribution in [2.45, 2.75) is 6.42 Å². The van der Waals surface area contributed by atoms with E-state index in [2.05, 4.69) is 15.6 Å². The Morgan fingerprint density at radius 2 is 1.67 bits per heavy atom. The van der Waals surface area contributed by atoms with Crippen LogP contribution in [0.3, 0.4) is 0 Å². The number of aromatic nitrogens is 2. The highest BCUT2D eigenvalue weighted by molar-refractivity contribution is 6.05. The third-order valence-corrected chi connectivity index (χ3v) is 5.24. The van der Waals surface area contributed by atoms with Gasteiger partial charge in [0.25, 0.3) is 17.5 Å². The molecule has 1 heterocycles. The number of nitro groups is 1. The molecule has 0 bridgehead atoms. The minimum Gasteiger partial charge on any atom is -0.352 e. The summed E-state index contributed by atoms with van der Waals surface area (Å²) in [5.74, 6) is 0.298. The molecule has 2 N–H and O–H groups in total. The van der Waals surface area contributed by atoms with Crippen LogP contribution in [-0.2, 0) is 13.5 Å². The standard InChI is InChI=1S/C24H21N5O4/c1-28-21-12-9-18(26-24(31)17-7-10-19(11-8-17)29(32)33)15-20(21)27-22(28)13-14-25-23(30)16-5-3-2-4-6-16/h2-12,15H,13-14H2,1H3,(H,25,30)(H,26,31).